The number of nitrogens with zero attached hydrogens (tertiary/aromatic N) is 1. The average Bonchev–Trinajstić information content (AvgIpc) is 2.28. The van der Waals surface area contributed by atoms with E-state index in [9.17, 15) is 16.8 Å². The predicted molar refractivity (Wildman–Crippen MR) is 72.8 cm³/mol. The second kappa shape index (κ2) is 6.30. The fraction of sp³-hybridized carbons (Fsp3) is 0.182. The summed E-state index contributed by atoms with van der Waals surface area (Å²) in [7, 11) is -5.24. The van der Waals surface area contributed by atoms with Gasteiger partial charge in [-0.05, 0) is 6.92 Å². The van der Waals surface area contributed by atoms with Crippen LogP contribution in [0.3, 0.4) is 0 Å². The number of oxime groups is 1. The maximum absolute atomic E-state index is 10.8. The van der Waals surface area contributed by atoms with E-state index in [1.807, 2.05) is 0 Å². The summed E-state index contributed by atoms with van der Waals surface area (Å²) < 4.78 is 43.3. The molecule has 19 heavy (non-hydrogen) atoms. The minimum absolute atomic E-state index is 0.0819. The zero-order chi connectivity index (χ0) is 14.5. The van der Waals surface area contributed by atoms with E-state index in [1.54, 1.807) is 30.3 Å². The van der Waals surface area contributed by atoms with Gasteiger partial charge in [0.25, 0.3) is 0 Å². The summed E-state index contributed by atoms with van der Waals surface area (Å²) in [5.41, 5.74) is -1.23. The van der Waals surface area contributed by atoms with E-state index >= 15 is 0 Å². The second-order valence-electron chi connectivity index (χ2n) is 3.85. The van der Waals surface area contributed by atoms with Crippen molar-refractivity contribution in [2.75, 3.05) is 0 Å². The lowest BCUT2D eigenvalue weighted by atomic mass is 9.85. The van der Waals surface area contributed by atoms with Crippen molar-refractivity contribution in [3.63, 3.8) is 0 Å². The highest BCUT2D eigenvalue weighted by Gasteiger charge is 2.30. The number of rotatable bonds is 4. The lowest BCUT2D eigenvalue weighted by Crippen LogP contribution is -2.33. The van der Waals surface area contributed by atoms with Gasteiger partial charge in [0.1, 0.15) is 5.71 Å². The Balaban J connectivity index is 3.57. The number of hydrogen-bond donors (Lipinski definition) is 1. The van der Waals surface area contributed by atoms with E-state index in [2.05, 4.69) is 5.16 Å². The molecule has 0 saturated heterocycles. The first-order valence-electron chi connectivity index (χ1n) is 5.05. The molecule has 0 spiro atoms. The quantitative estimate of drug-likeness (QED) is 0.371. The van der Waals surface area contributed by atoms with E-state index < -0.39 is 26.0 Å². The van der Waals surface area contributed by atoms with E-state index in [4.69, 9.17) is 5.21 Å². The van der Waals surface area contributed by atoms with Crippen LogP contribution >= 0.6 is 0 Å². The highest BCUT2D eigenvalue weighted by atomic mass is 32.2. The minimum atomic E-state index is -2.62. The van der Waals surface area contributed by atoms with Crippen LogP contribution < -0.4 is 0 Å². The van der Waals surface area contributed by atoms with Crippen molar-refractivity contribution < 1.29 is 22.0 Å². The Hall–Kier alpha value is -1.93. The first kappa shape index (κ1) is 15.1. The third-order valence-electron chi connectivity index (χ3n) is 2.34. The number of hydrogen-bond acceptors (Lipinski definition) is 6. The molecule has 6 nitrogen and oxygen atoms in total. The summed E-state index contributed by atoms with van der Waals surface area (Å²) in [6, 6.07) is 8.19. The molecule has 1 N–H and O–H groups in total. The van der Waals surface area contributed by atoms with Crippen molar-refractivity contribution in [2.24, 2.45) is 10.6 Å². The fourth-order valence-electron chi connectivity index (χ4n) is 1.61. The smallest absolute Gasteiger partial charge is 0.211 e. The van der Waals surface area contributed by atoms with Crippen LogP contribution in [0.1, 0.15) is 12.5 Å². The molecule has 0 aliphatic carbocycles. The van der Waals surface area contributed by atoms with Gasteiger partial charge in [0.2, 0.25) is 20.6 Å². The highest BCUT2D eigenvalue weighted by Crippen LogP contribution is 2.19. The monoisotopic (exact) mass is 301 g/mol. The van der Waals surface area contributed by atoms with Crippen molar-refractivity contribution in [3.8, 4) is 0 Å². The van der Waals surface area contributed by atoms with Crippen molar-refractivity contribution in [1.82, 2.24) is 0 Å². The molecule has 1 aromatic rings. The van der Waals surface area contributed by atoms with Crippen molar-refractivity contribution >= 4 is 37.0 Å². The molecule has 0 aliphatic rings. The highest BCUT2D eigenvalue weighted by molar-refractivity contribution is 7.73. The van der Waals surface area contributed by atoms with Gasteiger partial charge in [-0.25, -0.2) is 0 Å². The van der Waals surface area contributed by atoms with Crippen LogP contribution in [0, 0.1) is 5.41 Å². The van der Waals surface area contributed by atoms with E-state index in [-0.39, 0.29) is 5.71 Å². The van der Waals surface area contributed by atoms with Gasteiger partial charge < -0.3 is 5.21 Å². The van der Waals surface area contributed by atoms with Gasteiger partial charge in [-0.2, -0.15) is 16.8 Å². The van der Waals surface area contributed by atoms with Gasteiger partial charge >= 0.3 is 0 Å². The molecule has 0 atom stereocenters. The maximum Gasteiger partial charge on any atom is 0.211 e. The summed E-state index contributed by atoms with van der Waals surface area (Å²) in [4.78, 5) is 0. The molecule has 8 heteroatoms. The summed E-state index contributed by atoms with van der Waals surface area (Å²) in [6.45, 7) is 1.32. The van der Waals surface area contributed by atoms with Gasteiger partial charge in [-0.3, -0.25) is 0 Å². The Kier molecular flexibility index (Phi) is 5.02. The van der Waals surface area contributed by atoms with Crippen molar-refractivity contribution in [3.05, 3.63) is 35.9 Å². The lowest BCUT2D eigenvalue weighted by molar-refractivity contribution is 0.316. The molecule has 0 saturated carbocycles. The first-order valence-corrected chi connectivity index (χ1v) is 7.33. The summed E-state index contributed by atoms with van der Waals surface area (Å²) in [5.74, 6) is 0. The molecule has 1 aromatic carbocycles. The van der Waals surface area contributed by atoms with Crippen LogP contribution in [-0.4, -0.2) is 38.5 Å². The zero-order valence-electron chi connectivity index (χ0n) is 9.89. The second-order valence-corrected chi connectivity index (χ2v) is 5.37. The predicted octanol–water partition coefficient (Wildman–Crippen LogP) is 0.234. The average molecular weight is 301 g/mol. The Morgan fingerprint density at radius 1 is 1.11 bits per heavy atom. The standard InChI is InChI=1S/C11H11NO5S2/c1-11(7-18(14)15,8-19(16)17)10(12-13)9-5-3-2-4-6-9/h2-8,13H,1H3. The van der Waals surface area contributed by atoms with Gasteiger partial charge in [0.15, 0.2) is 0 Å². The molecule has 0 heterocycles. The van der Waals surface area contributed by atoms with Crippen LogP contribution in [-0.2, 0) is 20.6 Å². The zero-order valence-corrected chi connectivity index (χ0v) is 11.5. The molecule has 0 aromatic heterocycles. The molecule has 0 amide bonds. The largest absolute Gasteiger partial charge is 0.411 e. The molecule has 102 valence electrons. The molecule has 0 bridgehead atoms. The molecule has 0 radical (unpaired) electrons. The minimum Gasteiger partial charge on any atom is -0.411 e. The van der Waals surface area contributed by atoms with E-state index in [0.717, 1.165) is 10.7 Å². The van der Waals surface area contributed by atoms with Crippen LogP contribution in [0.2, 0.25) is 0 Å². The van der Waals surface area contributed by atoms with Gasteiger partial charge in [-0.1, -0.05) is 35.5 Å². The maximum atomic E-state index is 10.8. The molecule has 0 aliphatic heterocycles. The van der Waals surface area contributed by atoms with Crippen molar-refractivity contribution in [2.45, 2.75) is 6.92 Å². The normalized spacial score (nSPS) is 11.7. The van der Waals surface area contributed by atoms with Crippen LogP contribution in [0.25, 0.3) is 0 Å². The molecule has 0 unspecified atom stereocenters. The van der Waals surface area contributed by atoms with Crippen LogP contribution in [0.15, 0.2) is 35.5 Å². The van der Waals surface area contributed by atoms with Crippen molar-refractivity contribution in [1.29, 1.82) is 0 Å². The van der Waals surface area contributed by atoms with Crippen LogP contribution in [0.5, 0.6) is 0 Å². The Morgan fingerprint density at radius 3 is 1.95 bits per heavy atom. The van der Waals surface area contributed by atoms with Gasteiger partial charge in [-0.15, -0.1) is 0 Å². The molecular weight excluding hydrogens is 290 g/mol. The molecular formula is C11H11NO5S2. The summed E-state index contributed by atoms with van der Waals surface area (Å²) >= 11 is 0. The topological polar surface area (TPSA) is 101 Å². The van der Waals surface area contributed by atoms with Gasteiger partial charge in [0, 0.05) is 5.56 Å². The Morgan fingerprint density at radius 2 is 1.58 bits per heavy atom. The van der Waals surface area contributed by atoms with E-state index in [1.165, 1.54) is 6.92 Å². The first-order chi connectivity index (χ1) is 8.89. The summed E-state index contributed by atoms with van der Waals surface area (Å²) in [5, 5.41) is 13.6. The fourth-order valence-corrected chi connectivity index (χ4v) is 2.86. The van der Waals surface area contributed by atoms with E-state index in [0.29, 0.717) is 5.56 Å². The summed E-state index contributed by atoms with van der Waals surface area (Å²) in [6.07, 6.45) is 0. The third-order valence-corrected chi connectivity index (χ3v) is 3.70. The Labute approximate surface area is 113 Å². The SMILES string of the molecule is CC(C=S(=O)=O)(C=S(=O)=O)C(=NO)c1ccccc1. The van der Waals surface area contributed by atoms with Crippen LogP contribution in [0.4, 0.5) is 0 Å². The number of benzene rings is 1. The Bertz CT molecular complexity index is 694. The lowest BCUT2D eigenvalue weighted by Gasteiger charge is -2.19. The third kappa shape index (κ3) is 4.04. The molecule has 1 rings (SSSR count). The van der Waals surface area contributed by atoms with Gasteiger partial charge in [0.05, 0.1) is 16.1 Å². The molecule has 0 fully saturated rings.